The molecule has 0 aromatic heterocycles. The minimum atomic E-state index is 0.380. The fourth-order valence-corrected chi connectivity index (χ4v) is 2.40. The molecular weight excluding hydrogens is 224 g/mol. The van der Waals surface area contributed by atoms with Crippen molar-refractivity contribution in [3.63, 3.8) is 0 Å². The van der Waals surface area contributed by atoms with Crippen molar-refractivity contribution < 1.29 is 4.74 Å². The number of hydrogen-bond acceptors (Lipinski definition) is 3. The Labute approximate surface area is 110 Å². The molecule has 3 nitrogen and oxygen atoms in total. The van der Waals surface area contributed by atoms with Crippen LogP contribution in [0, 0.1) is 13.8 Å². The molecule has 1 saturated heterocycles. The van der Waals surface area contributed by atoms with E-state index in [-0.39, 0.29) is 0 Å². The number of hydrogen-bond donors (Lipinski definition) is 1. The van der Waals surface area contributed by atoms with Crippen molar-refractivity contribution in [1.82, 2.24) is 4.90 Å². The Morgan fingerprint density at radius 3 is 2.94 bits per heavy atom. The molecule has 0 radical (unpaired) electrons. The van der Waals surface area contributed by atoms with Crippen molar-refractivity contribution in [2.24, 2.45) is 5.73 Å². The second-order valence-corrected chi connectivity index (χ2v) is 5.32. The van der Waals surface area contributed by atoms with Gasteiger partial charge < -0.3 is 15.4 Å². The summed E-state index contributed by atoms with van der Waals surface area (Å²) in [6.45, 7) is 8.26. The van der Waals surface area contributed by atoms with Gasteiger partial charge in [0.2, 0.25) is 0 Å². The Morgan fingerprint density at radius 2 is 2.22 bits per heavy atom. The number of aryl methyl sites for hydroxylation is 2. The minimum absolute atomic E-state index is 0.380. The first kappa shape index (κ1) is 13.4. The van der Waals surface area contributed by atoms with E-state index < -0.39 is 0 Å². The average Bonchev–Trinajstić information content (AvgIpc) is 2.75. The van der Waals surface area contributed by atoms with Gasteiger partial charge in [0.1, 0.15) is 5.75 Å². The van der Waals surface area contributed by atoms with Crippen LogP contribution in [0.3, 0.4) is 0 Å². The van der Waals surface area contributed by atoms with E-state index >= 15 is 0 Å². The monoisotopic (exact) mass is 248 g/mol. The molecule has 0 bridgehead atoms. The molecule has 1 heterocycles. The van der Waals surface area contributed by atoms with Crippen LogP contribution in [0.25, 0.3) is 0 Å². The van der Waals surface area contributed by atoms with Gasteiger partial charge in [0.15, 0.2) is 0 Å². The lowest BCUT2D eigenvalue weighted by Gasteiger charge is -2.15. The fourth-order valence-electron chi connectivity index (χ4n) is 2.40. The Balaban J connectivity index is 1.70. The van der Waals surface area contributed by atoms with Crippen LogP contribution in [0.5, 0.6) is 5.75 Å². The van der Waals surface area contributed by atoms with Crippen molar-refractivity contribution in [1.29, 1.82) is 0 Å². The molecule has 0 amide bonds. The smallest absolute Gasteiger partial charge is 0.122 e. The Hall–Kier alpha value is -1.06. The van der Waals surface area contributed by atoms with Crippen LogP contribution >= 0.6 is 0 Å². The van der Waals surface area contributed by atoms with Gasteiger partial charge in [-0.05, 0) is 50.4 Å². The summed E-state index contributed by atoms with van der Waals surface area (Å²) in [5.41, 5.74) is 8.35. The summed E-state index contributed by atoms with van der Waals surface area (Å²) in [5.74, 6) is 1.02. The molecule has 100 valence electrons. The normalized spacial score (nSPS) is 20.3. The maximum atomic E-state index is 5.88. The quantitative estimate of drug-likeness (QED) is 0.811. The van der Waals surface area contributed by atoms with E-state index in [1.54, 1.807) is 0 Å². The summed E-state index contributed by atoms with van der Waals surface area (Å²) < 4.78 is 5.85. The molecule has 1 aliphatic heterocycles. The third-order valence-corrected chi connectivity index (χ3v) is 3.53. The second-order valence-electron chi connectivity index (χ2n) is 5.32. The molecule has 2 rings (SSSR count). The Kier molecular flexibility index (Phi) is 4.61. The van der Waals surface area contributed by atoms with Crippen LogP contribution < -0.4 is 10.5 Å². The lowest BCUT2D eigenvalue weighted by atomic mass is 10.1. The van der Waals surface area contributed by atoms with E-state index in [0.29, 0.717) is 6.04 Å². The number of benzene rings is 1. The predicted molar refractivity (Wildman–Crippen MR) is 75.1 cm³/mol. The van der Waals surface area contributed by atoms with Gasteiger partial charge >= 0.3 is 0 Å². The summed E-state index contributed by atoms with van der Waals surface area (Å²) in [4.78, 5) is 2.43. The minimum Gasteiger partial charge on any atom is -0.493 e. The van der Waals surface area contributed by atoms with Gasteiger partial charge in [-0.15, -0.1) is 0 Å². The van der Waals surface area contributed by atoms with Gasteiger partial charge in [-0.1, -0.05) is 12.1 Å². The summed E-state index contributed by atoms with van der Waals surface area (Å²) >= 11 is 0. The van der Waals surface area contributed by atoms with Gasteiger partial charge in [0.25, 0.3) is 0 Å². The lowest BCUT2D eigenvalue weighted by Crippen LogP contribution is -2.28. The Morgan fingerprint density at radius 1 is 1.39 bits per heavy atom. The van der Waals surface area contributed by atoms with Crippen LogP contribution in [-0.2, 0) is 0 Å². The van der Waals surface area contributed by atoms with Gasteiger partial charge in [0, 0.05) is 19.1 Å². The van der Waals surface area contributed by atoms with Gasteiger partial charge in [-0.3, -0.25) is 0 Å². The van der Waals surface area contributed by atoms with Gasteiger partial charge in [0.05, 0.1) is 6.61 Å². The summed E-state index contributed by atoms with van der Waals surface area (Å²) in [6, 6.07) is 6.73. The average molecular weight is 248 g/mol. The van der Waals surface area contributed by atoms with Crippen LogP contribution in [-0.4, -0.2) is 37.2 Å². The van der Waals surface area contributed by atoms with Gasteiger partial charge in [-0.25, -0.2) is 0 Å². The zero-order valence-electron chi connectivity index (χ0n) is 11.5. The van der Waals surface area contributed by atoms with Crippen LogP contribution in [0.2, 0.25) is 0 Å². The molecule has 1 fully saturated rings. The fraction of sp³-hybridized carbons (Fsp3) is 0.600. The number of rotatable bonds is 5. The highest BCUT2D eigenvalue weighted by molar-refractivity contribution is 5.35. The van der Waals surface area contributed by atoms with Crippen molar-refractivity contribution in [3.05, 3.63) is 29.3 Å². The number of nitrogens with zero attached hydrogens (tertiary/aromatic N) is 1. The number of likely N-dealkylation sites (tertiary alicyclic amines) is 1. The first-order valence-corrected chi connectivity index (χ1v) is 6.83. The highest BCUT2D eigenvalue weighted by Gasteiger charge is 2.17. The largest absolute Gasteiger partial charge is 0.493 e. The highest BCUT2D eigenvalue weighted by Crippen LogP contribution is 2.19. The molecule has 1 atom stereocenters. The molecule has 1 aromatic carbocycles. The SMILES string of the molecule is Cc1ccc(C)c(OCCCN2CC[C@@H](N)C2)c1. The number of nitrogens with two attached hydrogens (primary N) is 1. The summed E-state index contributed by atoms with van der Waals surface area (Å²) in [5, 5.41) is 0. The summed E-state index contributed by atoms with van der Waals surface area (Å²) in [6.07, 6.45) is 2.21. The van der Waals surface area contributed by atoms with E-state index in [2.05, 4.69) is 36.9 Å². The first-order chi connectivity index (χ1) is 8.65. The lowest BCUT2D eigenvalue weighted by molar-refractivity contribution is 0.261. The first-order valence-electron chi connectivity index (χ1n) is 6.83. The zero-order valence-corrected chi connectivity index (χ0v) is 11.5. The molecule has 18 heavy (non-hydrogen) atoms. The van der Waals surface area contributed by atoms with Crippen LogP contribution in [0.4, 0.5) is 0 Å². The maximum absolute atomic E-state index is 5.88. The molecule has 0 unspecified atom stereocenters. The number of ether oxygens (including phenoxy) is 1. The van der Waals surface area contributed by atoms with E-state index in [0.717, 1.165) is 44.8 Å². The molecule has 0 aliphatic carbocycles. The van der Waals surface area contributed by atoms with Crippen molar-refractivity contribution in [2.45, 2.75) is 32.7 Å². The van der Waals surface area contributed by atoms with Crippen LogP contribution in [0.15, 0.2) is 18.2 Å². The van der Waals surface area contributed by atoms with Gasteiger partial charge in [-0.2, -0.15) is 0 Å². The second kappa shape index (κ2) is 6.21. The van der Waals surface area contributed by atoms with E-state index in [1.807, 2.05) is 0 Å². The third kappa shape index (κ3) is 3.72. The van der Waals surface area contributed by atoms with E-state index in [4.69, 9.17) is 10.5 Å². The van der Waals surface area contributed by atoms with E-state index in [9.17, 15) is 0 Å². The van der Waals surface area contributed by atoms with Crippen molar-refractivity contribution in [2.75, 3.05) is 26.2 Å². The molecule has 0 spiro atoms. The molecule has 3 heteroatoms. The maximum Gasteiger partial charge on any atom is 0.122 e. The van der Waals surface area contributed by atoms with Crippen molar-refractivity contribution in [3.8, 4) is 5.75 Å². The topological polar surface area (TPSA) is 38.5 Å². The molecule has 1 aromatic rings. The Bertz CT molecular complexity index is 392. The van der Waals surface area contributed by atoms with Crippen molar-refractivity contribution >= 4 is 0 Å². The molecular formula is C15H24N2O. The standard InChI is InChI=1S/C15H24N2O/c1-12-4-5-13(2)15(10-12)18-9-3-7-17-8-6-14(16)11-17/h4-5,10,14H,3,6-9,11,16H2,1-2H3/t14-/m1/s1. The highest BCUT2D eigenvalue weighted by atomic mass is 16.5. The molecule has 2 N–H and O–H groups in total. The third-order valence-electron chi connectivity index (χ3n) is 3.53. The summed E-state index contributed by atoms with van der Waals surface area (Å²) in [7, 11) is 0. The molecule has 1 aliphatic rings. The van der Waals surface area contributed by atoms with E-state index in [1.165, 1.54) is 11.1 Å². The predicted octanol–water partition coefficient (Wildman–Crippen LogP) is 2.11. The van der Waals surface area contributed by atoms with Crippen LogP contribution in [0.1, 0.15) is 24.0 Å². The zero-order chi connectivity index (χ0) is 13.0. The molecule has 0 saturated carbocycles.